The van der Waals surface area contributed by atoms with Crippen molar-refractivity contribution in [2.75, 3.05) is 6.61 Å². The summed E-state index contributed by atoms with van der Waals surface area (Å²) in [6.07, 6.45) is 4.37. The van der Waals surface area contributed by atoms with Gasteiger partial charge in [0.05, 0.1) is 29.3 Å². The van der Waals surface area contributed by atoms with E-state index in [1.54, 1.807) is 6.92 Å². The van der Waals surface area contributed by atoms with E-state index in [2.05, 4.69) is 24.8 Å². The molecule has 2 rings (SSSR count). The molecule has 0 unspecified atom stereocenters. The van der Waals surface area contributed by atoms with Crippen LogP contribution in [0.25, 0.3) is 0 Å². The smallest absolute Gasteiger partial charge is 0.387 e. The average Bonchev–Trinajstić information content (AvgIpc) is 2.59. The standard InChI is InChI=1S/C15H14ClF2N5O2/c1-9-20-6-12(7-21-9)24-8-11(23-19)5-22-10-2-3-13(16)14(4-10)25-15(17)18/h2-7,15H,8,19H2,1H3. The minimum Gasteiger partial charge on any atom is -0.484 e. The molecule has 25 heavy (non-hydrogen) atoms. The van der Waals surface area contributed by atoms with Crippen molar-refractivity contribution in [3.8, 4) is 11.5 Å². The number of hydrazone groups is 1. The molecule has 2 aromatic rings. The Bertz CT molecular complexity index is 769. The minimum atomic E-state index is -2.98. The third-order valence-electron chi connectivity index (χ3n) is 2.80. The molecule has 0 bridgehead atoms. The van der Waals surface area contributed by atoms with Crippen LogP contribution < -0.4 is 15.3 Å². The molecule has 132 valence electrons. The predicted octanol–water partition coefficient (Wildman–Crippen LogP) is 3.14. The summed E-state index contributed by atoms with van der Waals surface area (Å²) in [7, 11) is 0. The minimum absolute atomic E-state index is 0.0282. The monoisotopic (exact) mass is 369 g/mol. The summed E-state index contributed by atoms with van der Waals surface area (Å²) in [6.45, 7) is -1.20. The molecule has 0 saturated carbocycles. The Hall–Kier alpha value is -2.81. The first-order chi connectivity index (χ1) is 12.0. The van der Waals surface area contributed by atoms with Gasteiger partial charge in [0, 0.05) is 6.07 Å². The van der Waals surface area contributed by atoms with E-state index in [-0.39, 0.29) is 17.4 Å². The van der Waals surface area contributed by atoms with Crippen molar-refractivity contribution in [2.45, 2.75) is 13.5 Å². The van der Waals surface area contributed by atoms with E-state index in [1.807, 2.05) is 0 Å². The summed E-state index contributed by atoms with van der Waals surface area (Å²) in [5.41, 5.74) is 0.645. The zero-order valence-corrected chi connectivity index (χ0v) is 13.8. The molecule has 0 aliphatic heterocycles. The number of ether oxygens (including phenoxy) is 2. The van der Waals surface area contributed by atoms with Gasteiger partial charge in [0.1, 0.15) is 23.9 Å². The Balaban J connectivity index is 2.02. The molecule has 2 N–H and O–H groups in total. The molecule has 0 amide bonds. The number of halogens is 3. The average molecular weight is 370 g/mol. The highest BCUT2D eigenvalue weighted by Gasteiger charge is 2.09. The fraction of sp³-hybridized carbons (Fsp3) is 0.200. The second-order valence-corrected chi connectivity index (χ2v) is 5.03. The van der Waals surface area contributed by atoms with Crippen LogP contribution in [0.2, 0.25) is 5.02 Å². The zero-order valence-electron chi connectivity index (χ0n) is 13.1. The molecule has 1 heterocycles. The lowest BCUT2D eigenvalue weighted by Gasteiger charge is -2.07. The van der Waals surface area contributed by atoms with Crippen LogP contribution in [-0.4, -0.2) is 35.1 Å². The van der Waals surface area contributed by atoms with Crippen molar-refractivity contribution < 1.29 is 18.3 Å². The molecular weight excluding hydrogens is 356 g/mol. The van der Waals surface area contributed by atoms with E-state index < -0.39 is 6.61 Å². The molecule has 10 heteroatoms. The Morgan fingerprint density at radius 1 is 1.36 bits per heavy atom. The van der Waals surface area contributed by atoms with Gasteiger partial charge in [0.2, 0.25) is 0 Å². The van der Waals surface area contributed by atoms with Crippen molar-refractivity contribution in [1.82, 2.24) is 9.97 Å². The molecule has 0 atom stereocenters. The van der Waals surface area contributed by atoms with Gasteiger partial charge in [-0.25, -0.2) is 9.97 Å². The quantitative estimate of drug-likeness (QED) is 0.459. The fourth-order valence-electron chi connectivity index (χ4n) is 1.63. The first-order valence-electron chi connectivity index (χ1n) is 6.94. The Kier molecular flexibility index (Phi) is 6.58. The van der Waals surface area contributed by atoms with Crippen LogP contribution in [0.4, 0.5) is 14.5 Å². The second-order valence-electron chi connectivity index (χ2n) is 4.63. The van der Waals surface area contributed by atoms with Crippen molar-refractivity contribution in [2.24, 2.45) is 15.9 Å². The first kappa shape index (κ1) is 18.5. The van der Waals surface area contributed by atoms with Crippen molar-refractivity contribution in [1.29, 1.82) is 0 Å². The highest BCUT2D eigenvalue weighted by Crippen LogP contribution is 2.30. The van der Waals surface area contributed by atoms with Crippen molar-refractivity contribution in [3.05, 3.63) is 41.4 Å². The number of aryl methyl sites for hydroxylation is 1. The van der Waals surface area contributed by atoms with Crippen molar-refractivity contribution in [3.63, 3.8) is 0 Å². The summed E-state index contributed by atoms with van der Waals surface area (Å²) < 4.78 is 34.3. The summed E-state index contributed by atoms with van der Waals surface area (Å²) in [4.78, 5) is 12.1. The number of hydrogen-bond acceptors (Lipinski definition) is 7. The molecule has 0 saturated heterocycles. The van der Waals surface area contributed by atoms with Crippen LogP contribution >= 0.6 is 11.6 Å². The number of nitrogens with two attached hydrogens (primary N) is 1. The number of aliphatic imine (C=N–C) groups is 1. The predicted molar refractivity (Wildman–Crippen MR) is 90.1 cm³/mol. The number of nitrogens with zero attached hydrogens (tertiary/aromatic N) is 4. The molecule has 7 nitrogen and oxygen atoms in total. The molecule has 1 aromatic carbocycles. The van der Waals surface area contributed by atoms with Gasteiger partial charge in [-0.05, 0) is 19.1 Å². The maximum atomic E-state index is 12.3. The molecule has 0 aliphatic carbocycles. The third kappa shape index (κ3) is 5.96. The summed E-state index contributed by atoms with van der Waals surface area (Å²) >= 11 is 5.77. The molecule has 0 radical (unpaired) electrons. The van der Waals surface area contributed by atoms with Gasteiger partial charge < -0.3 is 15.3 Å². The van der Waals surface area contributed by atoms with Gasteiger partial charge in [0.25, 0.3) is 0 Å². The van der Waals surface area contributed by atoms with E-state index >= 15 is 0 Å². The highest BCUT2D eigenvalue weighted by atomic mass is 35.5. The maximum absolute atomic E-state index is 12.3. The van der Waals surface area contributed by atoms with Crippen molar-refractivity contribution >= 4 is 29.2 Å². The fourth-order valence-corrected chi connectivity index (χ4v) is 1.79. The van der Waals surface area contributed by atoms with Crippen LogP contribution in [-0.2, 0) is 0 Å². The SMILES string of the molecule is Cc1ncc(OCC(C=Nc2ccc(Cl)c(OC(F)F)c2)=NN)cn1. The lowest BCUT2D eigenvalue weighted by Crippen LogP contribution is -2.15. The normalized spacial score (nSPS) is 12.0. The van der Waals surface area contributed by atoms with Crippen LogP contribution in [0.3, 0.4) is 0 Å². The first-order valence-corrected chi connectivity index (χ1v) is 7.32. The van der Waals surface area contributed by atoms with Gasteiger partial charge in [-0.2, -0.15) is 13.9 Å². The zero-order chi connectivity index (χ0) is 18.2. The molecular formula is C15H14ClF2N5O2. The van der Waals surface area contributed by atoms with E-state index in [9.17, 15) is 8.78 Å². The molecule has 0 aliphatic rings. The van der Waals surface area contributed by atoms with Crippen LogP contribution in [0.15, 0.2) is 40.7 Å². The second kappa shape index (κ2) is 8.88. The van der Waals surface area contributed by atoms with Gasteiger partial charge in [-0.1, -0.05) is 11.6 Å². The molecule has 0 spiro atoms. The summed E-state index contributed by atoms with van der Waals surface area (Å²) in [5, 5.41) is 3.60. The van der Waals surface area contributed by atoms with Gasteiger partial charge in [-0.15, -0.1) is 0 Å². The van der Waals surface area contributed by atoms with Gasteiger partial charge in [0.15, 0.2) is 5.75 Å². The number of rotatable bonds is 7. The summed E-state index contributed by atoms with van der Waals surface area (Å²) in [6, 6.07) is 4.19. The van der Waals surface area contributed by atoms with Gasteiger partial charge in [-0.3, -0.25) is 4.99 Å². The van der Waals surface area contributed by atoms with E-state index in [1.165, 1.54) is 36.8 Å². The Morgan fingerprint density at radius 3 is 2.72 bits per heavy atom. The topological polar surface area (TPSA) is 95.0 Å². The lowest BCUT2D eigenvalue weighted by molar-refractivity contribution is -0.0497. The largest absolute Gasteiger partial charge is 0.484 e. The van der Waals surface area contributed by atoms with Crippen LogP contribution in [0, 0.1) is 6.92 Å². The third-order valence-corrected chi connectivity index (χ3v) is 3.12. The van der Waals surface area contributed by atoms with Gasteiger partial charge >= 0.3 is 6.61 Å². The molecule has 0 fully saturated rings. The van der Waals surface area contributed by atoms with Crippen LogP contribution in [0.5, 0.6) is 11.5 Å². The van der Waals surface area contributed by atoms with E-state index in [4.69, 9.17) is 22.2 Å². The highest BCUT2D eigenvalue weighted by molar-refractivity contribution is 6.32. The van der Waals surface area contributed by atoms with E-state index in [0.29, 0.717) is 23.0 Å². The number of benzene rings is 1. The number of aromatic nitrogens is 2. The Morgan fingerprint density at radius 2 is 2.08 bits per heavy atom. The summed E-state index contributed by atoms with van der Waals surface area (Å²) in [5.74, 6) is 6.17. The number of hydrogen-bond donors (Lipinski definition) is 1. The molecule has 1 aromatic heterocycles. The van der Waals surface area contributed by atoms with E-state index in [0.717, 1.165) is 0 Å². The Labute approximate surface area is 147 Å². The maximum Gasteiger partial charge on any atom is 0.387 e. The van der Waals surface area contributed by atoms with Crippen LogP contribution in [0.1, 0.15) is 5.82 Å². The lowest BCUT2D eigenvalue weighted by atomic mass is 10.3. The number of alkyl halides is 2.